The van der Waals surface area contributed by atoms with Crippen LogP contribution in [0.5, 0.6) is 11.5 Å². The molecule has 3 aromatic carbocycles. The van der Waals surface area contributed by atoms with Gasteiger partial charge in [-0.1, -0.05) is 18.2 Å². The van der Waals surface area contributed by atoms with Crippen LogP contribution >= 0.6 is 0 Å². The topological polar surface area (TPSA) is 108 Å². The number of anilines is 2. The van der Waals surface area contributed by atoms with E-state index in [2.05, 4.69) is 5.32 Å². The molecule has 8 nitrogen and oxygen atoms in total. The van der Waals surface area contributed by atoms with E-state index in [1.807, 2.05) is 30.3 Å². The lowest BCUT2D eigenvalue weighted by Gasteiger charge is -2.09. The molecule has 0 aliphatic carbocycles. The molecule has 0 spiro atoms. The Labute approximate surface area is 148 Å². The van der Waals surface area contributed by atoms with Crippen molar-refractivity contribution in [3.63, 3.8) is 0 Å². The SMILES string of the molecule is O=[N+]([O-])c1ccc(Oc2ccc(Nc3ccccc3)cc2)c([N+](=O)[O-])c1. The monoisotopic (exact) mass is 351 g/mol. The number of nitrogens with zero attached hydrogens (tertiary/aromatic N) is 2. The number of para-hydroxylation sites is 1. The molecular formula is C18H13N3O5. The first-order valence-electron chi connectivity index (χ1n) is 7.56. The second kappa shape index (κ2) is 7.31. The maximum absolute atomic E-state index is 11.1. The molecule has 0 aromatic heterocycles. The van der Waals surface area contributed by atoms with Crippen molar-refractivity contribution in [2.75, 3.05) is 5.32 Å². The van der Waals surface area contributed by atoms with Gasteiger partial charge in [-0.3, -0.25) is 20.2 Å². The van der Waals surface area contributed by atoms with E-state index >= 15 is 0 Å². The van der Waals surface area contributed by atoms with E-state index in [-0.39, 0.29) is 11.4 Å². The van der Waals surface area contributed by atoms with Crippen LogP contribution < -0.4 is 10.1 Å². The standard InChI is InChI=1S/C18H13N3O5/c22-20(23)15-8-11-18(17(12-15)21(24)25)26-16-9-6-14(7-10-16)19-13-4-2-1-3-5-13/h1-12,19H. The van der Waals surface area contributed by atoms with Gasteiger partial charge in [-0.15, -0.1) is 0 Å². The summed E-state index contributed by atoms with van der Waals surface area (Å²) >= 11 is 0. The Balaban J connectivity index is 1.79. The lowest BCUT2D eigenvalue weighted by Crippen LogP contribution is -1.96. The van der Waals surface area contributed by atoms with Gasteiger partial charge in [0.15, 0.2) is 0 Å². The second-order valence-electron chi connectivity index (χ2n) is 5.28. The number of hydrogen-bond acceptors (Lipinski definition) is 6. The molecule has 3 aromatic rings. The molecule has 0 heterocycles. The highest BCUT2D eigenvalue weighted by Crippen LogP contribution is 2.34. The Morgan fingerprint density at radius 1 is 0.769 bits per heavy atom. The lowest BCUT2D eigenvalue weighted by molar-refractivity contribution is -0.394. The van der Waals surface area contributed by atoms with Gasteiger partial charge in [0, 0.05) is 17.4 Å². The predicted molar refractivity (Wildman–Crippen MR) is 96.0 cm³/mol. The van der Waals surface area contributed by atoms with Crippen molar-refractivity contribution in [3.8, 4) is 11.5 Å². The summed E-state index contributed by atoms with van der Waals surface area (Å²) in [6, 6.07) is 19.7. The minimum atomic E-state index is -0.715. The maximum Gasteiger partial charge on any atom is 0.318 e. The molecule has 8 heteroatoms. The molecule has 0 saturated carbocycles. The number of non-ortho nitro benzene ring substituents is 1. The minimum absolute atomic E-state index is 0.0654. The quantitative estimate of drug-likeness (QED) is 0.492. The third-order valence-corrected chi connectivity index (χ3v) is 3.49. The van der Waals surface area contributed by atoms with Gasteiger partial charge in [-0.25, -0.2) is 0 Å². The number of nitro benzene ring substituents is 2. The zero-order chi connectivity index (χ0) is 18.5. The molecule has 1 N–H and O–H groups in total. The Kier molecular flexibility index (Phi) is 4.75. The van der Waals surface area contributed by atoms with E-state index in [0.29, 0.717) is 5.75 Å². The number of ether oxygens (including phenoxy) is 1. The average molecular weight is 351 g/mol. The molecule has 0 unspecified atom stereocenters. The Bertz CT molecular complexity index is 943. The van der Waals surface area contributed by atoms with Gasteiger partial charge in [0.2, 0.25) is 5.75 Å². The summed E-state index contributed by atoms with van der Waals surface area (Å²) in [5.41, 5.74) is 0.908. The maximum atomic E-state index is 11.1. The van der Waals surface area contributed by atoms with Gasteiger partial charge in [-0.2, -0.15) is 0 Å². The second-order valence-corrected chi connectivity index (χ2v) is 5.28. The zero-order valence-electron chi connectivity index (χ0n) is 13.4. The molecule has 26 heavy (non-hydrogen) atoms. The first-order valence-corrected chi connectivity index (χ1v) is 7.56. The molecule has 0 aliphatic rings. The summed E-state index contributed by atoms with van der Waals surface area (Å²) in [6.07, 6.45) is 0. The van der Waals surface area contributed by atoms with Crippen molar-refractivity contribution in [1.29, 1.82) is 0 Å². The van der Waals surface area contributed by atoms with Gasteiger partial charge >= 0.3 is 5.69 Å². The van der Waals surface area contributed by atoms with Crippen LogP contribution in [-0.4, -0.2) is 9.85 Å². The smallest absolute Gasteiger partial charge is 0.318 e. The highest BCUT2D eigenvalue weighted by molar-refractivity contribution is 5.60. The van der Waals surface area contributed by atoms with Crippen LogP contribution in [0.25, 0.3) is 0 Å². The fourth-order valence-corrected chi connectivity index (χ4v) is 2.27. The number of nitro groups is 2. The largest absolute Gasteiger partial charge is 0.450 e. The average Bonchev–Trinajstić information content (AvgIpc) is 2.64. The van der Waals surface area contributed by atoms with E-state index < -0.39 is 15.5 Å². The van der Waals surface area contributed by atoms with Gasteiger partial charge in [0.1, 0.15) is 5.75 Å². The van der Waals surface area contributed by atoms with Gasteiger partial charge < -0.3 is 10.1 Å². The van der Waals surface area contributed by atoms with Crippen LogP contribution in [0.4, 0.5) is 22.7 Å². The normalized spacial score (nSPS) is 10.2. The van der Waals surface area contributed by atoms with Crippen LogP contribution in [0.3, 0.4) is 0 Å². The number of nitrogens with one attached hydrogen (secondary N) is 1. The summed E-state index contributed by atoms with van der Waals surface area (Å²) < 4.78 is 5.52. The van der Waals surface area contributed by atoms with Crippen LogP contribution in [0.1, 0.15) is 0 Å². The molecule has 130 valence electrons. The molecule has 0 saturated heterocycles. The summed E-state index contributed by atoms with van der Waals surface area (Å²) in [6.45, 7) is 0. The van der Waals surface area contributed by atoms with Crippen LogP contribution in [0.2, 0.25) is 0 Å². The molecule has 0 bridgehead atoms. The molecular weight excluding hydrogens is 338 g/mol. The van der Waals surface area contributed by atoms with Crippen LogP contribution in [0.15, 0.2) is 72.8 Å². The van der Waals surface area contributed by atoms with E-state index in [0.717, 1.165) is 23.5 Å². The van der Waals surface area contributed by atoms with Crippen molar-refractivity contribution in [1.82, 2.24) is 0 Å². The summed E-state index contributed by atoms with van der Waals surface area (Å²) in [4.78, 5) is 20.5. The molecule has 0 aliphatic heterocycles. The Morgan fingerprint density at radius 2 is 1.42 bits per heavy atom. The van der Waals surface area contributed by atoms with Crippen molar-refractivity contribution in [2.24, 2.45) is 0 Å². The van der Waals surface area contributed by atoms with Crippen molar-refractivity contribution < 1.29 is 14.6 Å². The van der Waals surface area contributed by atoms with E-state index in [4.69, 9.17) is 4.74 Å². The van der Waals surface area contributed by atoms with Gasteiger partial charge in [0.05, 0.1) is 15.9 Å². The number of rotatable bonds is 6. The summed E-state index contributed by atoms with van der Waals surface area (Å²) in [5, 5.41) is 25.1. The molecule has 3 rings (SSSR count). The number of benzene rings is 3. The van der Waals surface area contributed by atoms with E-state index in [1.54, 1.807) is 24.3 Å². The van der Waals surface area contributed by atoms with E-state index in [9.17, 15) is 20.2 Å². The Hall–Kier alpha value is -3.94. The van der Waals surface area contributed by atoms with Gasteiger partial charge in [-0.05, 0) is 42.5 Å². The molecule has 0 fully saturated rings. The van der Waals surface area contributed by atoms with Crippen molar-refractivity contribution in [2.45, 2.75) is 0 Å². The van der Waals surface area contributed by atoms with Crippen LogP contribution in [0, 0.1) is 20.2 Å². The van der Waals surface area contributed by atoms with Crippen LogP contribution in [-0.2, 0) is 0 Å². The molecule has 0 radical (unpaired) electrons. The van der Waals surface area contributed by atoms with Crippen molar-refractivity contribution in [3.05, 3.63) is 93.0 Å². The predicted octanol–water partition coefficient (Wildman–Crippen LogP) is 5.04. The van der Waals surface area contributed by atoms with Gasteiger partial charge in [0.25, 0.3) is 5.69 Å². The lowest BCUT2D eigenvalue weighted by atomic mass is 10.2. The third-order valence-electron chi connectivity index (χ3n) is 3.49. The highest BCUT2D eigenvalue weighted by Gasteiger charge is 2.21. The van der Waals surface area contributed by atoms with E-state index in [1.165, 1.54) is 6.07 Å². The fraction of sp³-hybridized carbons (Fsp3) is 0. The highest BCUT2D eigenvalue weighted by atomic mass is 16.6. The first kappa shape index (κ1) is 16.9. The van der Waals surface area contributed by atoms with Crippen molar-refractivity contribution >= 4 is 22.7 Å². The first-order chi connectivity index (χ1) is 12.5. The number of hydrogen-bond donors (Lipinski definition) is 1. The molecule has 0 amide bonds. The summed E-state index contributed by atoms with van der Waals surface area (Å²) in [5.74, 6) is 0.310. The molecule has 0 atom stereocenters. The minimum Gasteiger partial charge on any atom is -0.450 e. The summed E-state index contributed by atoms with van der Waals surface area (Å²) in [7, 11) is 0. The zero-order valence-corrected chi connectivity index (χ0v) is 13.4. The fourth-order valence-electron chi connectivity index (χ4n) is 2.27. The Morgan fingerprint density at radius 3 is 2.04 bits per heavy atom. The third kappa shape index (κ3) is 3.93.